The number of aromatic nitrogens is 2. The molecule has 0 spiro atoms. The predicted octanol–water partition coefficient (Wildman–Crippen LogP) is 4.38. The van der Waals surface area contributed by atoms with Crippen LogP contribution in [0.1, 0.15) is 28.9 Å². The maximum atomic E-state index is 12.3. The Labute approximate surface area is 160 Å². The third-order valence-corrected chi connectivity index (χ3v) is 4.54. The van der Waals surface area contributed by atoms with Crippen molar-refractivity contribution < 1.29 is 9.53 Å². The molecule has 3 rings (SSSR count). The van der Waals surface area contributed by atoms with E-state index in [2.05, 4.69) is 28.6 Å². The molecule has 0 unspecified atom stereocenters. The first-order valence-electron chi connectivity index (χ1n) is 9.03. The molecule has 0 saturated carbocycles. The largest absolute Gasteiger partial charge is 0.497 e. The van der Waals surface area contributed by atoms with Crippen molar-refractivity contribution in [3.05, 3.63) is 71.0 Å². The van der Waals surface area contributed by atoms with Crippen LogP contribution in [-0.4, -0.2) is 22.8 Å². The summed E-state index contributed by atoms with van der Waals surface area (Å²) in [5.74, 6) is 0.791. The van der Waals surface area contributed by atoms with Gasteiger partial charge in [0.1, 0.15) is 5.75 Å². The number of nitrogens with zero attached hydrogens (tertiary/aromatic N) is 2. The zero-order chi connectivity index (χ0) is 19.4. The van der Waals surface area contributed by atoms with Crippen LogP contribution in [0.25, 0.3) is 5.69 Å². The Morgan fingerprint density at radius 2 is 1.81 bits per heavy atom. The molecule has 0 aliphatic carbocycles. The summed E-state index contributed by atoms with van der Waals surface area (Å²) >= 11 is 0. The molecule has 140 valence electrons. The lowest BCUT2D eigenvalue weighted by Gasteiger charge is -2.10. The highest BCUT2D eigenvalue weighted by molar-refractivity contribution is 5.91. The topological polar surface area (TPSA) is 56.1 Å². The number of benzene rings is 2. The summed E-state index contributed by atoms with van der Waals surface area (Å²) in [6, 6.07) is 15.9. The minimum atomic E-state index is 0.00545. The average Bonchev–Trinajstić information content (AvgIpc) is 3.00. The van der Waals surface area contributed by atoms with E-state index < -0.39 is 0 Å². The fourth-order valence-electron chi connectivity index (χ4n) is 3.07. The number of amides is 1. The zero-order valence-electron chi connectivity index (χ0n) is 16.2. The van der Waals surface area contributed by atoms with E-state index in [-0.39, 0.29) is 5.91 Å². The van der Waals surface area contributed by atoms with Crippen LogP contribution in [0.3, 0.4) is 0 Å². The minimum Gasteiger partial charge on any atom is -0.497 e. The number of carbonyl (C=O) groups is 1. The van der Waals surface area contributed by atoms with Gasteiger partial charge in [0.2, 0.25) is 5.91 Å². The third-order valence-electron chi connectivity index (χ3n) is 4.54. The Balaban J connectivity index is 1.58. The van der Waals surface area contributed by atoms with Gasteiger partial charge in [-0.15, -0.1) is 0 Å². The van der Waals surface area contributed by atoms with E-state index in [0.29, 0.717) is 12.8 Å². The number of hydrogen-bond acceptors (Lipinski definition) is 3. The van der Waals surface area contributed by atoms with E-state index in [4.69, 9.17) is 4.74 Å². The highest BCUT2D eigenvalue weighted by atomic mass is 16.5. The molecule has 1 amide bonds. The summed E-state index contributed by atoms with van der Waals surface area (Å²) in [7, 11) is 1.63. The van der Waals surface area contributed by atoms with E-state index in [1.807, 2.05) is 55.8 Å². The molecule has 1 aromatic heterocycles. The van der Waals surface area contributed by atoms with Gasteiger partial charge in [0.25, 0.3) is 0 Å². The number of methoxy groups -OCH3 is 1. The van der Waals surface area contributed by atoms with Crippen LogP contribution < -0.4 is 10.1 Å². The summed E-state index contributed by atoms with van der Waals surface area (Å²) in [5.41, 5.74) is 6.07. The lowest BCUT2D eigenvalue weighted by atomic mass is 10.1. The van der Waals surface area contributed by atoms with Gasteiger partial charge in [-0.05, 0) is 74.7 Å². The van der Waals surface area contributed by atoms with Crippen LogP contribution in [0.4, 0.5) is 5.69 Å². The number of nitrogens with one attached hydrogen (secondary N) is 1. The smallest absolute Gasteiger partial charge is 0.224 e. The highest BCUT2D eigenvalue weighted by Crippen LogP contribution is 2.21. The molecule has 0 atom stereocenters. The van der Waals surface area contributed by atoms with Gasteiger partial charge >= 0.3 is 0 Å². The Kier molecular flexibility index (Phi) is 5.60. The van der Waals surface area contributed by atoms with E-state index in [1.54, 1.807) is 7.11 Å². The van der Waals surface area contributed by atoms with Crippen LogP contribution in [0.2, 0.25) is 0 Å². The van der Waals surface area contributed by atoms with Crippen molar-refractivity contribution in [2.24, 2.45) is 0 Å². The van der Waals surface area contributed by atoms with Crippen molar-refractivity contribution in [2.45, 2.75) is 33.6 Å². The highest BCUT2D eigenvalue weighted by Gasteiger charge is 2.07. The van der Waals surface area contributed by atoms with Gasteiger partial charge in [-0.1, -0.05) is 12.1 Å². The van der Waals surface area contributed by atoms with Crippen LogP contribution in [0.15, 0.2) is 48.5 Å². The van der Waals surface area contributed by atoms with Gasteiger partial charge in [0.15, 0.2) is 0 Å². The Hall–Kier alpha value is -3.08. The SMILES string of the molecule is COc1ccc(NC(=O)CCc2ccc(-n3nc(C)cc3C)cc2)c(C)c1. The molecule has 0 fully saturated rings. The summed E-state index contributed by atoms with van der Waals surface area (Å²) in [4.78, 5) is 12.3. The third kappa shape index (κ3) is 4.56. The molecule has 1 heterocycles. The van der Waals surface area contributed by atoms with E-state index >= 15 is 0 Å². The fraction of sp³-hybridized carbons (Fsp3) is 0.273. The fourth-order valence-corrected chi connectivity index (χ4v) is 3.07. The average molecular weight is 363 g/mol. The Bertz CT molecular complexity index is 943. The molecular formula is C22H25N3O2. The first kappa shape index (κ1) is 18.7. The van der Waals surface area contributed by atoms with Gasteiger partial charge in [-0.2, -0.15) is 5.10 Å². The molecule has 0 bridgehead atoms. The monoisotopic (exact) mass is 363 g/mol. The van der Waals surface area contributed by atoms with Crippen molar-refractivity contribution in [3.8, 4) is 11.4 Å². The van der Waals surface area contributed by atoms with Crippen LogP contribution in [0.5, 0.6) is 5.75 Å². The lowest BCUT2D eigenvalue weighted by molar-refractivity contribution is -0.116. The molecule has 27 heavy (non-hydrogen) atoms. The van der Waals surface area contributed by atoms with E-state index in [1.165, 1.54) is 0 Å². The summed E-state index contributed by atoms with van der Waals surface area (Å²) in [6.45, 7) is 5.98. The zero-order valence-corrected chi connectivity index (χ0v) is 16.2. The van der Waals surface area contributed by atoms with Gasteiger partial charge in [0.05, 0.1) is 18.5 Å². The second kappa shape index (κ2) is 8.08. The second-order valence-corrected chi connectivity index (χ2v) is 6.73. The number of rotatable bonds is 6. The molecule has 5 heteroatoms. The molecular weight excluding hydrogens is 338 g/mol. The van der Waals surface area contributed by atoms with E-state index in [0.717, 1.165) is 39.6 Å². The van der Waals surface area contributed by atoms with Gasteiger partial charge in [-0.25, -0.2) is 4.68 Å². The summed E-state index contributed by atoms with van der Waals surface area (Å²) < 4.78 is 7.12. The minimum absolute atomic E-state index is 0.00545. The van der Waals surface area contributed by atoms with Gasteiger partial charge in [-0.3, -0.25) is 4.79 Å². The number of anilines is 1. The van der Waals surface area contributed by atoms with Crippen molar-refractivity contribution >= 4 is 11.6 Å². The lowest BCUT2D eigenvalue weighted by Crippen LogP contribution is -2.13. The number of carbonyl (C=O) groups excluding carboxylic acids is 1. The molecule has 0 aliphatic rings. The quantitative estimate of drug-likeness (QED) is 0.707. The molecule has 5 nitrogen and oxygen atoms in total. The molecule has 3 aromatic rings. The van der Waals surface area contributed by atoms with Crippen molar-refractivity contribution in [2.75, 3.05) is 12.4 Å². The Morgan fingerprint density at radius 1 is 1.07 bits per heavy atom. The van der Waals surface area contributed by atoms with Crippen LogP contribution in [-0.2, 0) is 11.2 Å². The molecule has 0 aliphatic heterocycles. The molecule has 2 aromatic carbocycles. The molecule has 0 radical (unpaired) electrons. The van der Waals surface area contributed by atoms with Crippen LogP contribution >= 0.6 is 0 Å². The number of aryl methyl sites for hydroxylation is 4. The van der Waals surface area contributed by atoms with Crippen molar-refractivity contribution in [1.29, 1.82) is 0 Å². The van der Waals surface area contributed by atoms with Crippen LogP contribution in [0, 0.1) is 20.8 Å². The number of ether oxygens (including phenoxy) is 1. The normalized spacial score (nSPS) is 10.7. The number of hydrogen-bond donors (Lipinski definition) is 1. The standard InChI is InChI=1S/C22H25N3O2/c1-15-13-20(27-4)10-11-21(15)23-22(26)12-7-18-5-8-19(9-6-18)25-17(3)14-16(2)24-25/h5-6,8-11,13-14H,7,12H2,1-4H3,(H,23,26). The first-order valence-corrected chi connectivity index (χ1v) is 9.03. The summed E-state index contributed by atoms with van der Waals surface area (Å²) in [5, 5.41) is 7.47. The molecule has 1 N–H and O–H groups in total. The van der Waals surface area contributed by atoms with E-state index in [9.17, 15) is 4.79 Å². The predicted molar refractivity (Wildman–Crippen MR) is 108 cm³/mol. The maximum Gasteiger partial charge on any atom is 0.224 e. The van der Waals surface area contributed by atoms with Crippen molar-refractivity contribution in [3.63, 3.8) is 0 Å². The molecule has 0 saturated heterocycles. The first-order chi connectivity index (χ1) is 13.0. The summed E-state index contributed by atoms with van der Waals surface area (Å²) in [6.07, 6.45) is 1.13. The van der Waals surface area contributed by atoms with Gasteiger partial charge < -0.3 is 10.1 Å². The van der Waals surface area contributed by atoms with Gasteiger partial charge in [0, 0.05) is 17.8 Å². The second-order valence-electron chi connectivity index (χ2n) is 6.73. The Morgan fingerprint density at radius 3 is 2.41 bits per heavy atom. The van der Waals surface area contributed by atoms with Crippen molar-refractivity contribution in [1.82, 2.24) is 9.78 Å². The maximum absolute atomic E-state index is 12.3.